The summed E-state index contributed by atoms with van der Waals surface area (Å²) in [5.74, 6) is 1.11. The van der Waals surface area contributed by atoms with Crippen LogP contribution in [0, 0.1) is 0 Å². The minimum atomic E-state index is -0.430. The van der Waals surface area contributed by atoms with Crippen LogP contribution >= 0.6 is 11.6 Å². The van der Waals surface area contributed by atoms with Crippen LogP contribution < -0.4 is 9.47 Å². The molecule has 0 aliphatic heterocycles. The van der Waals surface area contributed by atoms with E-state index < -0.39 is 6.10 Å². The van der Waals surface area contributed by atoms with Gasteiger partial charge in [-0.05, 0) is 25.0 Å². The molecular weight excluding hydrogens is 216 g/mol. The fourth-order valence-corrected chi connectivity index (χ4v) is 1.72. The molecule has 1 N–H and O–H groups in total. The maximum absolute atomic E-state index is 9.29. The molecule has 1 aromatic carbocycles. The lowest BCUT2D eigenvalue weighted by Gasteiger charge is -2.13. The molecule has 4 heteroatoms. The van der Waals surface area contributed by atoms with Crippen LogP contribution in [-0.2, 0) is 6.42 Å². The number of hydrogen-bond donors (Lipinski definition) is 1. The Bertz CT molecular complexity index is 337. The third-order valence-corrected chi connectivity index (χ3v) is 2.49. The number of benzene rings is 1. The molecule has 84 valence electrons. The van der Waals surface area contributed by atoms with Crippen molar-refractivity contribution in [2.45, 2.75) is 19.4 Å². The van der Waals surface area contributed by atoms with Crippen LogP contribution in [0.4, 0.5) is 0 Å². The van der Waals surface area contributed by atoms with Gasteiger partial charge >= 0.3 is 0 Å². The molecule has 3 nitrogen and oxygen atoms in total. The van der Waals surface area contributed by atoms with Crippen molar-refractivity contribution < 1.29 is 14.6 Å². The Kier molecular flexibility index (Phi) is 4.24. The summed E-state index contributed by atoms with van der Waals surface area (Å²) in [5, 5.41) is 9.79. The highest BCUT2D eigenvalue weighted by molar-refractivity contribution is 6.33. The molecule has 0 radical (unpaired) electrons. The van der Waals surface area contributed by atoms with Gasteiger partial charge in [-0.2, -0.15) is 0 Å². The fraction of sp³-hybridized carbons (Fsp3) is 0.455. The highest BCUT2D eigenvalue weighted by atomic mass is 35.5. The average molecular weight is 231 g/mol. The smallest absolute Gasteiger partial charge is 0.179 e. The third-order valence-electron chi connectivity index (χ3n) is 2.08. The molecule has 0 heterocycles. The summed E-state index contributed by atoms with van der Waals surface area (Å²) in [6.07, 6.45) is 0.0692. The Labute approximate surface area is 94.6 Å². The van der Waals surface area contributed by atoms with E-state index in [0.717, 1.165) is 5.56 Å². The molecule has 15 heavy (non-hydrogen) atoms. The molecule has 0 saturated carbocycles. The maximum Gasteiger partial charge on any atom is 0.179 e. The number of aliphatic hydroxyl groups is 1. The van der Waals surface area contributed by atoms with Gasteiger partial charge in [0.05, 0.1) is 25.3 Å². The molecule has 0 fully saturated rings. The van der Waals surface area contributed by atoms with E-state index >= 15 is 0 Å². The number of rotatable bonds is 4. The zero-order chi connectivity index (χ0) is 11.4. The van der Waals surface area contributed by atoms with E-state index in [1.807, 2.05) is 6.07 Å². The molecule has 0 saturated heterocycles. The van der Waals surface area contributed by atoms with Crippen LogP contribution in [0.5, 0.6) is 11.5 Å². The molecular formula is C11H15ClO3. The molecule has 0 aromatic heterocycles. The van der Waals surface area contributed by atoms with E-state index in [1.54, 1.807) is 20.1 Å². The molecule has 1 rings (SSSR count). The molecule has 0 aliphatic rings. The van der Waals surface area contributed by atoms with Crippen molar-refractivity contribution in [1.29, 1.82) is 0 Å². The molecule has 1 atom stereocenters. The second kappa shape index (κ2) is 5.24. The third kappa shape index (κ3) is 2.76. The molecule has 0 unspecified atom stereocenters. The maximum atomic E-state index is 9.29. The Morgan fingerprint density at radius 1 is 1.33 bits per heavy atom. The van der Waals surface area contributed by atoms with Gasteiger partial charge in [0.15, 0.2) is 11.5 Å². The predicted octanol–water partition coefficient (Wildman–Crippen LogP) is 2.28. The van der Waals surface area contributed by atoms with E-state index in [2.05, 4.69) is 0 Å². The Morgan fingerprint density at radius 2 is 2.00 bits per heavy atom. The van der Waals surface area contributed by atoms with E-state index in [-0.39, 0.29) is 0 Å². The van der Waals surface area contributed by atoms with Gasteiger partial charge in [-0.15, -0.1) is 0 Å². The van der Waals surface area contributed by atoms with Gasteiger partial charge in [-0.1, -0.05) is 17.7 Å². The second-order valence-corrected chi connectivity index (χ2v) is 3.71. The monoisotopic (exact) mass is 230 g/mol. The van der Waals surface area contributed by atoms with Gasteiger partial charge in [0.25, 0.3) is 0 Å². The van der Waals surface area contributed by atoms with Crippen molar-refractivity contribution in [1.82, 2.24) is 0 Å². The highest BCUT2D eigenvalue weighted by Gasteiger charge is 2.13. The van der Waals surface area contributed by atoms with Gasteiger partial charge in [0.1, 0.15) is 0 Å². The summed E-state index contributed by atoms with van der Waals surface area (Å²) >= 11 is 6.12. The van der Waals surface area contributed by atoms with Gasteiger partial charge in [-0.25, -0.2) is 0 Å². The zero-order valence-electron chi connectivity index (χ0n) is 9.08. The minimum absolute atomic E-state index is 0.430. The lowest BCUT2D eigenvalue weighted by molar-refractivity contribution is 0.195. The Hall–Kier alpha value is -0.930. The number of hydrogen-bond acceptors (Lipinski definition) is 3. The predicted molar refractivity (Wildman–Crippen MR) is 59.9 cm³/mol. The quantitative estimate of drug-likeness (QED) is 0.863. The second-order valence-electron chi connectivity index (χ2n) is 3.33. The molecule has 0 spiro atoms. The number of methoxy groups -OCH3 is 2. The average Bonchev–Trinajstić information content (AvgIpc) is 2.20. The summed E-state index contributed by atoms with van der Waals surface area (Å²) in [6.45, 7) is 1.72. The highest BCUT2D eigenvalue weighted by Crippen LogP contribution is 2.37. The molecule has 1 aromatic rings. The first-order valence-electron chi connectivity index (χ1n) is 4.67. The number of aliphatic hydroxyl groups excluding tert-OH is 1. The van der Waals surface area contributed by atoms with Crippen LogP contribution in [0.25, 0.3) is 0 Å². The van der Waals surface area contributed by atoms with E-state index in [4.69, 9.17) is 21.1 Å². The van der Waals surface area contributed by atoms with Crippen molar-refractivity contribution in [3.8, 4) is 11.5 Å². The van der Waals surface area contributed by atoms with Gasteiger partial charge < -0.3 is 14.6 Å². The van der Waals surface area contributed by atoms with E-state index in [0.29, 0.717) is 22.9 Å². The largest absolute Gasteiger partial charge is 0.493 e. The van der Waals surface area contributed by atoms with Crippen LogP contribution in [0.3, 0.4) is 0 Å². The van der Waals surface area contributed by atoms with Crippen LogP contribution in [0.2, 0.25) is 5.02 Å². The lowest BCUT2D eigenvalue weighted by atomic mass is 10.1. The molecule has 0 aliphatic carbocycles. The summed E-state index contributed by atoms with van der Waals surface area (Å²) in [4.78, 5) is 0. The number of ether oxygens (including phenoxy) is 2. The SMILES string of the molecule is COc1ccc(C[C@H](C)O)c(Cl)c1OC. The van der Waals surface area contributed by atoms with Crippen molar-refractivity contribution >= 4 is 11.6 Å². The minimum Gasteiger partial charge on any atom is -0.493 e. The first-order chi connectivity index (χ1) is 7.10. The Morgan fingerprint density at radius 3 is 2.47 bits per heavy atom. The van der Waals surface area contributed by atoms with E-state index in [1.165, 1.54) is 7.11 Å². The lowest BCUT2D eigenvalue weighted by Crippen LogP contribution is -2.05. The topological polar surface area (TPSA) is 38.7 Å². The molecule has 0 bridgehead atoms. The first kappa shape index (κ1) is 12.1. The van der Waals surface area contributed by atoms with E-state index in [9.17, 15) is 5.11 Å². The van der Waals surface area contributed by atoms with Crippen molar-refractivity contribution in [3.05, 3.63) is 22.7 Å². The summed E-state index contributed by atoms with van der Waals surface area (Å²) in [7, 11) is 3.10. The van der Waals surface area contributed by atoms with Gasteiger partial charge in [-0.3, -0.25) is 0 Å². The van der Waals surface area contributed by atoms with Gasteiger partial charge in [0.2, 0.25) is 0 Å². The molecule has 0 amide bonds. The summed E-state index contributed by atoms with van der Waals surface area (Å²) in [6, 6.07) is 3.61. The number of halogens is 1. The first-order valence-corrected chi connectivity index (χ1v) is 5.05. The van der Waals surface area contributed by atoms with Crippen LogP contribution in [0.1, 0.15) is 12.5 Å². The van der Waals surface area contributed by atoms with Gasteiger partial charge in [0, 0.05) is 0 Å². The standard InChI is InChI=1S/C11H15ClO3/c1-7(13)6-8-4-5-9(14-2)11(15-3)10(8)12/h4-5,7,13H,6H2,1-3H3/t7-/m0/s1. The zero-order valence-corrected chi connectivity index (χ0v) is 9.84. The van der Waals surface area contributed by atoms with Crippen molar-refractivity contribution in [2.24, 2.45) is 0 Å². The fourth-order valence-electron chi connectivity index (χ4n) is 1.41. The summed E-state index contributed by atoms with van der Waals surface area (Å²) < 4.78 is 10.3. The van der Waals surface area contributed by atoms with Crippen molar-refractivity contribution in [3.63, 3.8) is 0 Å². The Balaban J connectivity index is 3.11. The normalized spacial score (nSPS) is 12.3. The summed E-state index contributed by atoms with van der Waals surface area (Å²) in [5.41, 5.74) is 0.851. The van der Waals surface area contributed by atoms with Crippen LogP contribution in [-0.4, -0.2) is 25.4 Å². The van der Waals surface area contributed by atoms with Crippen molar-refractivity contribution in [2.75, 3.05) is 14.2 Å². The van der Waals surface area contributed by atoms with Crippen LogP contribution in [0.15, 0.2) is 12.1 Å².